The van der Waals surface area contributed by atoms with Gasteiger partial charge in [-0.25, -0.2) is 4.39 Å². The standard InChI is InChI=1S/C17H16FNO2/c1-19(2)13-8-6-11(7-9-13)16(20)15-10-12-4-3-5-14(18)17(12)21-15/h3-10,16,20H,1-2H3. The maximum absolute atomic E-state index is 13.6. The Labute approximate surface area is 122 Å². The van der Waals surface area contributed by atoms with Gasteiger partial charge < -0.3 is 14.4 Å². The van der Waals surface area contributed by atoms with E-state index in [1.165, 1.54) is 6.07 Å². The van der Waals surface area contributed by atoms with Gasteiger partial charge in [0.05, 0.1) is 0 Å². The lowest BCUT2D eigenvalue weighted by atomic mass is 10.1. The van der Waals surface area contributed by atoms with Crippen LogP contribution in [0.4, 0.5) is 10.1 Å². The number of fused-ring (bicyclic) bond motifs is 1. The molecule has 0 saturated carbocycles. The Kier molecular flexibility index (Phi) is 3.39. The fourth-order valence-electron chi connectivity index (χ4n) is 2.30. The molecule has 0 aliphatic rings. The van der Waals surface area contributed by atoms with Crippen LogP contribution in [0.15, 0.2) is 52.9 Å². The third kappa shape index (κ3) is 2.50. The zero-order valence-electron chi connectivity index (χ0n) is 11.9. The number of hydrogen-bond acceptors (Lipinski definition) is 3. The van der Waals surface area contributed by atoms with Gasteiger partial charge >= 0.3 is 0 Å². The zero-order chi connectivity index (χ0) is 15.0. The lowest BCUT2D eigenvalue weighted by Crippen LogP contribution is -2.08. The summed E-state index contributed by atoms with van der Waals surface area (Å²) in [6, 6.07) is 13.9. The van der Waals surface area contributed by atoms with E-state index in [9.17, 15) is 9.50 Å². The molecule has 108 valence electrons. The molecule has 4 heteroatoms. The smallest absolute Gasteiger partial charge is 0.170 e. The summed E-state index contributed by atoms with van der Waals surface area (Å²) in [5.41, 5.74) is 1.93. The highest BCUT2D eigenvalue weighted by Crippen LogP contribution is 2.30. The highest BCUT2D eigenvalue weighted by Gasteiger charge is 2.17. The van der Waals surface area contributed by atoms with Gasteiger partial charge in [0, 0.05) is 25.2 Å². The highest BCUT2D eigenvalue weighted by atomic mass is 19.1. The van der Waals surface area contributed by atoms with Gasteiger partial charge in [0.2, 0.25) is 0 Å². The van der Waals surface area contributed by atoms with E-state index >= 15 is 0 Å². The van der Waals surface area contributed by atoms with E-state index in [0.717, 1.165) is 5.69 Å². The first-order chi connectivity index (χ1) is 10.1. The molecule has 3 aromatic rings. The number of nitrogens with zero attached hydrogens (tertiary/aromatic N) is 1. The van der Waals surface area contributed by atoms with Crippen LogP contribution in [0.25, 0.3) is 11.0 Å². The second-order valence-electron chi connectivity index (χ2n) is 5.20. The Balaban J connectivity index is 1.96. The van der Waals surface area contributed by atoms with Gasteiger partial charge in [0.1, 0.15) is 11.9 Å². The third-order valence-corrected chi connectivity index (χ3v) is 3.51. The SMILES string of the molecule is CN(C)c1ccc(C(O)c2cc3cccc(F)c3o2)cc1. The summed E-state index contributed by atoms with van der Waals surface area (Å²) in [5, 5.41) is 11.0. The summed E-state index contributed by atoms with van der Waals surface area (Å²) in [6.45, 7) is 0. The molecule has 0 bridgehead atoms. The van der Waals surface area contributed by atoms with Crippen molar-refractivity contribution in [2.24, 2.45) is 0 Å². The Morgan fingerprint density at radius 3 is 2.43 bits per heavy atom. The van der Waals surface area contributed by atoms with Gasteiger partial charge in [-0.1, -0.05) is 24.3 Å². The molecular weight excluding hydrogens is 269 g/mol. The van der Waals surface area contributed by atoms with Crippen molar-refractivity contribution in [2.45, 2.75) is 6.10 Å². The van der Waals surface area contributed by atoms with E-state index in [2.05, 4.69) is 0 Å². The van der Waals surface area contributed by atoms with Crippen molar-refractivity contribution in [2.75, 3.05) is 19.0 Å². The summed E-state index contributed by atoms with van der Waals surface area (Å²) in [6.07, 6.45) is -0.909. The third-order valence-electron chi connectivity index (χ3n) is 3.51. The van der Waals surface area contributed by atoms with Crippen molar-refractivity contribution >= 4 is 16.7 Å². The van der Waals surface area contributed by atoms with Crippen LogP contribution in [-0.2, 0) is 0 Å². The van der Waals surface area contributed by atoms with E-state index in [4.69, 9.17) is 4.42 Å². The van der Waals surface area contributed by atoms with Gasteiger partial charge in [-0.05, 0) is 29.8 Å². The summed E-state index contributed by atoms with van der Waals surface area (Å²) in [4.78, 5) is 1.98. The van der Waals surface area contributed by atoms with Crippen LogP contribution in [0.2, 0.25) is 0 Å². The first kappa shape index (κ1) is 13.6. The number of furan rings is 1. The van der Waals surface area contributed by atoms with Gasteiger partial charge in [-0.2, -0.15) is 0 Å². The molecule has 0 spiro atoms. The fourth-order valence-corrected chi connectivity index (χ4v) is 2.30. The summed E-state index contributed by atoms with van der Waals surface area (Å²) in [7, 11) is 3.90. The van der Waals surface area contributed by atoms with E-state index < -0.39 is 11.9 Å². The van der Waals surface area contributed by atoms with Gasteiger partial charge in [-0.15, -0.1) is 0 Å². The molecule has 3 rings (SSSR count). The molecule has 1 N–H and O–H groups in total. The first-order valence-electron chi connectivity index (χ1n) is 6.69. The normalized spacial score (nSPS) is 12.6. The van der Waals surface area contributed by atoms with Crippen LogP contribution in [0, 0.1) is 5.82 Å². The molecule has 0 aliphatic heterocycles. The van der Waals surface area contributed by atoms with Crippen LogP contribution in [0.1, 0.15) is 17.4 Å². The van der Waals surface area contributed by atoms with Crippen LogP contribution in [0.3, 0.4) is 0 Å². The van der Waals surface area contributed by atoms with Crippen molar-refractivity contribution in [3.8, 4) is 0 Å². The summed E-state index contributed by atoms with van der Waals surface area (Å²) >= 11 is 0. The van der Waals surface area contributed by atoms with Crippen LogP contribution in [0.5, 0.6) is 0 Å². The lowest BCUT2D eigenvalue weighted by Gasteiger charge is -2.14. The fraction of sp³-hybridized carbons (Fsp3) is 0.176. The lowest BCUT2D eigenvalue weighted by molar-refractivity contribution is 0.192. The van der Waals surface area contributed by atoms with Crippen molar-refractivity contribution < 1.29 is 13.9 Å². The molecular formula is C17H16FNO2. The maximum atomic E-state index is 13.6. The van der Waals surface area contributed by atoms with Gasteiger partial charge in [0.15, 0.2) is 11.4 Å². The van der Waals surface area contributed by atoms with Crippen molar-refractivity contribution in [1.29, 1.82) is 0 Å². The molecule has 1 heterocycles. The quantitative estimate of drug-likeness (QED) is 0.797. The second kappa shape index (κ2) is 5.22. The molecule has 21 heavy (non-hydrogen) atoms. The minimum atomic E-state index is -0.909. The van der Waals surface area contributed by atoms with Gasteiger partial charge in [-0.3, -0.25) is 0 Å². The number of hydrogen-bond donors (Lipinski definition) is 1. The van der Waals surface area contributed by atoms with E-state index in [0.29, 0.717) is 16.7 Å². The average Bonchev–Trinajstić information content (AvgIpc) is 2.92. The topological polar surface area (TPSA) is 36.6 Å². The number of halogens is 1. The molecule has 1 atom stereocenters. The van der Waals surface area contributed by atoms with Crippen molar-refractivity contribution in [1.82, 2.24) is 0 Å². The molecule has 0 aliphatic carbocycles. The highest BCUT2D eigenvalue weighted by molar-refractivity contribution is 5.78. The minimum absolute atomic E-state index is 0.177. The van der Waals surface area contributed by atoms with Crippen LogP contribution in [-0.4, -0.2) is 19.2 Å². The van der Waals surface area contributed by atoms with E-state index in [1.807, 2.05) is 43.3 Å². The molecule has 2 aromatic carbocycles. The molecule has 3 nitrogen and oxygen atoms in total. The Hall–Kier alpha value is -2.33. The van der Waals surface area contributed by atoms with Gasteiger partial charge in [0.25, 0.3) is 0 Å². The Morgan fingerprint density at radius 1 is 1.10 bits per heavy atom. The molecule has 0 amide bonds. The molecule has 1 aromatic heterocycles. The monoisotopic (exact) mass is 285 g/mol. The Morgan fingerprint density at radius 2 is 1.81 bits per heavy atom. The number of aliphatic hydroxyl groups excluding tert-OH is 1. The molecule has 0 saturated heterocycles. The van der Waals surface area contributed by atoms with Crippen LogP contribution >= 0.6 is 0 Å². The number of para-hydroxylation sites is 1. The molecule has 0 radical (unpaired) electrons. The predicted octanol–water partition coefficient (Wildman–Crippen LogP) is 3.72. The number of rotatable bonds is 3. The largest absolute Gasteiger partial charge is 0.455 e. The summed E-state index contributed by atoms with van der Waals surface area (Å²) in [5.74, 6) is -0.0818. The van der Waals surface area contributed by atoms with Crippen molar-refractivity contribution in [3.05, 3.63) is 65.7 Å². The minimum Gasteiger partial charge on any atom is -0.455 e. The van der Waals surface area contributed by atoms with E-state index in [1.54, 1.807) is 18.2 Å². The zero-order valence-corrected chi connectivity index (χ0v) is 11.9. The second-order valence-corrected chi connectivity index (χ2v) is 5.20. The molecule has 0 fully saturated rings. The Bertz CT molecular complexity index is 762. The number of anilines is 1. The first-order valence-corrected chi connectivity index (χ1v) is 6.69. The van der Waals surface area contributed by atoms with E-state index in [-0.39, 0.29) is 5.58 Å². The predicted molar refractivity (Wildman–Crippen MR) is 81.0 cm³/mol. The van der Waals surface area contributed by atoms with Crippen molar-refractivity contribution in [3.63, 3.8) is 0 Å². The number of aliphatic hydroxyl groups is 1. The molecule has 1 unspecified atom stereocenters. The number of benzene rings is 2. The summed E-state index contributed by atoms with van der Waals surface area (Å²) < 4.78 is 19.1. The maximum Gasteiger partial charge on any atom is 0.170 e. The van der Waals surface area contributed by atoms with Crippen LogP contribution < -0.4 is 4.90 Å². The average molecular weight is 285 g/mol.